The zero-order chi connectivity index (χ0) is 21.6. The molecule has 0 aliphatic rings. The number of benzene rings is 3. The number of aromatic hydroxyl groups is 2. The number of halogens is 4. The first kappa shape index (κ1) is 22.0. The van der Waals surface area contributed by atoms with Crippen LogP contribution in [0, 0.1) is 0 Å². The van der Waals surface area contributed by atoms with Crippen LogP contribution < -0.4 is 0 Å². The second-order valence-corrected chi connectivity index (χ2v) is 9.37. The van der Waals surface area contributed by atoms with Crippen molar-refractivity contribution in [2.75, 3.05) is 0 Å². The average Bonchev–Trinajstić information content (AvgIpc) is 2.59. The topological polar surface area (TPSA) is 94.8 Å². The number of hydrogen-bond acceptors (Lipinski definition) is 4. The highest BCUT2D eigenvalue weighted by atomic mass is 35.5. The van der Waals surface area contributed by atoms with E-state index in [-0.39, 0.29) is 31.8 Å². The molecule has 1 atom stereocenters. The molecule has 0 aliphatic carbocycles. The first-order valence-electron chi connectivity index (χ1n) is 7.88. The van der Waals surface area contributed by atoms with Crippen LogP contribution in [0.15, 0.2) is 54.6 Å². The van der Waals surface area contributed by atoms with Crippen molar-refractivity contribution in [3.8, 4) is 11.5 Å². The van der Waals surface area contributed by atoms with Crippen LogP contribution in [0.1, 0.15) is 16.7 Å². The smallest absolute Gasteiger partial charge is 0.283 e. The molecule has 0 fully saturated rings. The molecule has 10 heteroatoms. The predicted molar refractivity (Wildman–Crippen MR) is 114 cm³/mol. The molecule has 29 heavy (non-hydrogen) atoms. The maximum Gasteiger partial charge on any atom is 0.283 e. The second kappa shape index (κ2) is 7.87. The van der Waals surface area contributed by atoms with Gasteiger partial charge in [-0.05, 0) is 47.5 Å². The van der Waals surface area contributed by atoms with Crippen molar-refractivity contribution >= 4 is 56.5 Å². The van der Waals surface area contributed by atoms with Crippen LogP contribution in [0.2, 0.25) is 20.1 Å². The first-order chi connectivity index (χ1) is 13.5. The van der Waals surface area contributed by atoms with Gasteiger partial charge in [-0.2, -0.15) is 8.42 Å². The minimum absolute atomic E-state index is 0.0163. The Balaban J connectivity index is 2.58. The van der Waals surface area contributed by atoms with E-state index in [0.717, 1.165) is 18.2 Å². The highest BCUT2D eigenvalue weighted by molar-refractivity contribution is 7.87. The molecule has 0 aliphatic heterocycles. The molecule has 0 amide bonds. The van der Waals surface area contributed by atoms with Crippen molar-refractivity contribution in [3.63, 3.8) is 0 Å². The molecule has 3 aromatic carbocycles. The molecule has 0 aromatic heterocycles. The fourth-order valence-electron chi connectivity index (χ4n) is 3.19. The lowest BCUT2D eigenvalue weighted by atomic mass is 9.83. The Hall–Kier alpha value is -1.67. The number of rotatable bonds is 4. The van der Waals surface area contributed by atoms with E-state index in [9.17, 15) is 23.2 Å². The molecular formula is C19H12Cl4O5S. The molecular weight excluding hydrogens is 482 g/mol. The molecule has 0 saturated carbocycles. The Morgan fingerprint density at radius 3 is 1.72 bits per heavy atom. The Morgan fingerprint density at radius 1 is 0.690 bits per heavy atom. The SMILES string of the molecule is O=S(=O)(O)C(c1ccc(Cl)cc1)(c1cc(O)cc(O)c1)c1cc(Cl)c(Cl)cc1Cl. The Bertz CT molecular complexity index is 1180. The van der Waals surface area contributed by atoms with Crippen LogP contribution in [0.4, 0.5) is 0 Å². The fraction of sp³-hybridized carbons (Fsp3) is 0.0526. The lowest BCUT2D eigenvalue weighted by molar-refractivity contribution is 0.444. The minimum atomic E-state index is -5.04. The van der Waals surface area contributed by atoms with Crippen LogP contribution in [-0.2, 0) is 14.9 Å². The van der Waals surface area contributed by atoms with Crippen LogP contribution in [-0.4, -0.2) is 23.2 Å². The van der Waals surface area contributed by atoms with Crippen molar-refractivity contribution in [1.82, 2.24) is 0 Å². The molecule has 3 rings (SSSR count). The van der Waals surface area contributed by atoms with E-state index < -0.39 is 26.4 Å². The second-order valence-electron chi connectivity index (χ2n) is 6.15. The van der Waals surface area contributed by atoms with Crippen molar-refractivity contribution in [2.45, 2.75) is 4.75 Å². The summed E-state index contributed by atoms with van der Waals surface area (Å²) in [5, 5.41) is 20.2. The molecule has 3 N–H and O–H groups in total. The molecule has 3 aromatic rings. The summed E-state index contributed by atoms with van der Waals surface area (Å²) in [7, 11) is -5.04. The quantitative estimate of drug-likeness (QED) is 0.239. The molecule has 0 bridgehead atoms. The van der Waals surface area contributed by atoms with Crippen LogP contribution in [0.25, 0.3) is 0 Å². The van der Waals surface area contributed by atoms with Gasteiger partial charge in [-0.15, -0.1) is 0 Å². The molecule has 0 spiro atoms. The maximum atomic E-state index is 12.9. The Morgan fingerprint density at radius 2 is 1.21 bits per heavy atom. The highest BCUT2D eigenvalue weighted by Crippen LogP contribution is 2.49. The van der Waals surface area contributed by atoms with Crippen molar-refractivity contribution in [2.24, 2.45) is 0 Å². The third-order valence-corrected chi connectivity index (χ3v) is 7.09. The van der Waals surface area contributed by atoms with Gasteiger partial charge < -0.3 is 10.2 Å². The molecule has 0 heterocycles. The van der Waals surface area contributed by atoms with E-state index in [1.54, 1.807) is 0 Å². The summed E-state index contributed by atoms with van der Waals surface area (Å²) in [6.45, 7) is 0. The van der Waals surface area contributed by atoms with E-state index in [2.05, 4.69) is 0 Å². The van der Waals surface area contributed by atoms with E-state index in [1.807, 2.05) is 0 Å². The standard InChI is InChI=1S/C19H12Cl4O5S/c20-12-3-1-10(2-4-12)19(29(26,27)28,11-5-13(24)7-14(25)6-11)15-8-17(22)18(23)9-16(15)21/h1-9,24-25H,(H,26,27,28). The van der Waals surface area contributed by atoms with Crippen molar-refractivity contribution in [3.05, 3.63) is 91.4 Å². The van der Waals surface area contributed by atoms with Gasteiger partial charge in [0.25, 0.3) is 10.1 Å². The largest absolute Gasteiger partial charge is 0.508 e. The highest BCUT2D eigenvalue weighted by Gasteiger charge is 2.50. The fourth-order valence-corrected chi connectivity index (χ4v) is 5.36. The zero-order valence-electron chi connectivity index (χ0n) is 14.3. The number of phenolic OH excluding ortho intramolecular Hbond substituents is 2. The van der Waals surface area contributed by atoms with Gasteiger partial charge in [0.1, 0.15) is 11.5 Å². The van der Waals surface area contributed by atoms with Gasteiger partial charge in [-0.25, -0.2) is 0 Å². The first-order valence-corrected chi connectivity index (χ1v) is 10.8. The van der Waals surface area contributed by atoms with E-state index >= 15 is 0 Å². The molecule has 0 radical (unpaired) electrons. The summed E-state index contributed by atoms with van der Waals surface area (Å²) < 4.78 is 34.0. The Kier molecular flexibility index (Phi) is 5.98. The monoisotopic (exact) mass is 492 g/mol. The Labute approximate surface area is 186 Å². The summed E-state index contributed by atoms with van der Waals surface area (Å²) in [6.07, 6.45) is 0. The van der Waals surface area contributed by atoms with E-state index in [4.69, 9.17) is 46.4 Å². The summed E-state index contributed by atoms with van der Waals surface area (Å²) in [6, 6.07) is 11.2. The van der Waals surface area contributed by atoms with Crippen molar-refractivity contribution < 1.29 is 23.2 Å². The van der Waals surface area contributed by atoms with Gasteiger partial charge >= 0.3 is 0 Å². The number of hydrogen-bond donors (Lipinski definition) is 3. The van der Waals surface area contributed by atoms with Gasteiger partial charge in [-0.1, -0.05) is 58.5 Å². The third-order valence-electron chi connectivity index (χ3n) is 4.34. The predicted octanol–water partition coefficient (Wildman–Crippen LogP) is 5.89. The zero-order valence-corrected chi connectivity index (χ0v) is 18.1. The summed E-state index contributed by atoms with van der Waals surface area (Å²) in [5.74, 6) is -0.864. The third kappa shape index (κ3) is 3.89. The maximum absolute atomic E-state index is 12.9. The van der Waals surface area contributed by atoms with Gasteiger partial charge in [-0.3, -0.25) is 4.55 Å². The van der Waals surface area contributed by atoms with E-state index in [0.29, 0.717) is 5.02 Å². The van der Waals surface area contributed by atoms with Gasteiger partial charge in [0.05, 0.1) is 10.0 Å². The van der Waals surface area contributed by atoms with Crippen LogP contribution >= 0.6 is 46.4 Å². The summed E-state index contributed by atoms with van der Waals surface area (Å²) in [5.41, 5.74) is -0.279. The molecule has 0 saturated heterocycles. The molecule has 152 valence electrons. The lowest BCUT2D eigenvalue weighted by Crippen LogP contribution is -2.38. The lowest BCUT2D eigenvalue weighted by Gasteiger charge is -2.33. The van der Waals surface area contributed by atoms with Gasteiger partial charge in [0.2, 0.25) is 0 Å². The van der Waals surface area contributed by atoms with E-state index in [1.165, 1.54) is 36.4 Å². The van der Waals surface area contributed by atoms with Gasteiger partial charge in [0, 0.05) is 21.7 Å². The molecule has 5 nitrogen and oxygen atoms in total. The van der Waals surface area contributed by atoms with Crippen molar-refractivity contribution in [1.29, 1.82) is 0 Å². The van der Waals surface area contributed by atoms with Crippen LogP contribution in [0.5, 0.6) is 11.5 Å². The normalized spacial score (nSPS) is 13.8. The summed E-state index contributed by atoms with van der Waals surface area (Å²) >= 11 is 24.4. The summed E-state index contributed by atoms with van der Waals surface area (Å²) in [4.78, 5) is 0. The van der Waals surface area contributed by atoms with Gasteiger partial charge in [0.15, 0.2) is 4.75 Å². The minimum Gasteiger partial charge on any atom is -0.508 e. The van der Waals surface area contributed by atoms with Crippen LogP contribution in [0.3, 0.4) is 0 Å². The molecule has 1 unspecified atom stereocenters. The average molecular weight is 494 g/mol. The number of phenols is 2.